The maximum atomic E-state index is 5.59. The Bertz CT molecular complexity index is 269. The van der Waals surface area contributed by atoms with E-state index in [1.807, 2.05) is 38.4 Å². The van der Waals surface area contributed by atoms with Crippen LogP contribution in [0.3, 0.4) is 0 Å². The number of rotatable bonds is 4. The molecule has 1 unspecified atom stereocenters. The number of anilines is 1. The Labute approximate surface area is 85.5 Å². The minimum atomic E-state index is 0.410. The van der Waals surface area contributed by atoms with Crippen LogP contribution < -0.4 is 10.5 Å². The number of ether oxygens (including phenoxy) is 1. The summed E-state index contributed by atoms with van der Waals surface area (Å²) in [5.74, 6) is 0.868. The normalized spacial score (nSPS) is 12.9. The number of nitrogens with two attached hydrogens (primary N) is 1. The summed E-state index contributed by atoms with van der Waals surface area (Å²) in [5.41, 5.74) is 6.33. The third-order valence-corrected chi connectivity index (χ3v) is 2.25. The lowest BCUT2D eigenvalue weighted by atomic mass is 10.3. The molecule has 1 rings (SSSR count). The van der Waals surface area contributed by atoms with Crippen molar-refractivity contribution >= 4 is 5.69 Å². The van der Waals surface area contributed by atoms with E-state index in [0.717, 1.165) is 11.4 Å². The van der Waals surface area contributed by atoms with Gasteiger partial charge in [0.1, 0.15) is 12.4 Å². The molecule has 0 aromatic heterocycles. The summed E-state index contributed by atoms with van der Waals surface area (Å²) in [4.78, 5) is 2.12. The number of nitrogen functional groups attached to an aromatic ring is 1. The molecular formula is C11H18N2O. The van der Waals surface area contributed by atoms with Gasteiger partial charge in [-0.3, -0.25) is 0 Å². The fourth-order valence-electron chi connectivity index (χ4n) is 0.930. The molecule has 0 aliphatic heterocycles. The first kappa shape index (κ1) is 10.9. The second-order valence-electron chi connectivity index (χ2n) is 3.69. The molecule has 1 aromatic rings. The quantitative estimate of drug-likeness (QED) is 0.740. The third-order valence-electron chi connectivity index (χ3n) is 2.25. The van der Waals surface area contributed by atoms with Crippen molar-refractivity contribution < 1.29 is 4.74 Å². The first-order valence-electron chi connectivity index (χ1n) is 4.74. The van der Waals surface area contributed by atoms with Gasteiger partial charge in [0.15, 0.2) is 0 Å². The van der Waals surface area contributed by atoms with Crippen molar-refractivity contribution in [3.05, 3.63) is 24.3 Å². The molecule has 0 heterocycles. The Morgan fingerprint density at radius 2 is 1.86 bits per heavy atom. The van der Waals surface area contributed by atoms with Gasteiger partial charge in [0.05, 0.1) is 0 Å². The summed E-state index contributed by atoms with van der Waals surface area (Å²) in [6.45, 7) is 2.81. The molecule has 0 aliphatic carbocycles. The lowest BCUT2D eigenvalue weighted by Crippen LogP contribution is -2.30. The van der Waals surface area contributed by atoms with Gasteiger partial charge in [-0.25, -0.2) is 0 Å². The number of benzene rings is 1. The minimum Gasteiger partial charge on any atom is -0.492 e. The molecule has 0 bridgehead atoms. The lowest BCUT2D eigenvalue weighted by molar-refractivity contribution is 0.198. The van der Waals surface area contributed by atoms with E-state index in [-0.39, 0.29) is 0 Å². The lowest BCUT2D eigenvalue weighted by Gasteiger charge is -2.19. The van der Waals surface area contributed by atoms with E-state index >= 15 is 0 Å². The molecule has 1 atom stereocenters. The standard InChI is InChI=1S/C11H18N2O/c1-9(13(2)3)8-14-11-6-4-10(12)5-7-11/h4-7,9H,8,12H2,1-3H3. The van der Waals surface area contributed by atoms with Crippen LogP contribution >= 0.6 is 0 Å². The zero-order valence-electron chi connectivity index (χ0n) is 9.03. The van der Waals surface area contributed by atoms with Crippen LogP contribution in [0.4, 0.5) is 5.69 Å². The molecule has 3 heteroatoms. The molecule has 1 aromatic carbocycles. The van der Waals surface area contributed by atoms with E-state index in [1.54, 1.807) is 0 Å². The van der Waals surface area contributed by atoms with Crippen molar-refractivity contribution in [2.24, 2.45) is 0 Å². The third kappa shape index (κ3) is 3.26. The van der Waals surface area contributed by atoms with Crippen LogP contribution in [0.5, 0.6) is 5.75 Å². The molecule has 14 heavy (non-hydrogen) atoms. The Morgan fingerprint density at radius 3 is 2.36 bits per heavy atom. The molecule has 78 valence electrons. The number of nitrogens with zero attached hydrogens (tertiary/aromatic N) is 1. The molecule has 0 aliphatic rings. The van der Waals surface area contributed by atoms with Crippen molar-refractivity contribution in [3.63, 3.8) is 0 Å². The van der Waals surface area contributed by atoms with E-state index in [2.05, 4.69) is 11.8 Å². The van der Waals surface area contributed by atoms with E-state index in [0.29, 0.717) is 12.6 Å². The van der Waals surface area contributed by atoms with Gasteiger partial charge >= 0.3 is 0 Å². The summed E-state index contributed by atoms with van der Waals surface area (Å²) in [6, 6.07) is 7.87. The van der Waals surface area contributed by atoms with E-state index in [9.17, 15) is 0 Å². The average Bonchev–Trinajstić information content (AvgIpc) is 2.16. The van der Waals surface area contributed by atoms with Gasteiger partial charge in [0.25, 0.3) is 0 Å². The van der Waals surface area contributed by atoms with Gasteiger partial charge < -0.3 is 15.4 Å². The van der Waals surface area contributed by atoms with Crippen molar-refractivity contribution in [1.29, 1.82) is 0 Å². The molecule has 0 radical (unpaired) electrons. The smallest absolute Gasteiger partial charge is 0.119 e. The number of likely N-dealkylation sites (N-methyl/N-ethyl adjacent to an activating group) is 1. The van der Waals surface area contributed by atoms with Crippen LogP contribution in [-0.4, -0.2) is 31.6 Å². The predicted molar refractivity (Wildman–Crippen MR) is 59.5 cm³/mol. The molecule has 3 nitrogen and oxygen atoms in total. The summed E-state index contributed by atoms with van der Waals surface area (Å²) in [6.07, 6.45) is 0. The first-order valence-corrected chi connectivity index (χ1v) is 4.74. The second kappa shape index (κ2) is 4.86. The summed E-state index contributed by atoms with van der Waals surface area (Å²) >= 11 is 0. The molecule has 0 saturated heterocycles. The zero-order valence-corrected chi connectivity index (χ0v) is 9.03. The zero-order chi connectivity index (χ0) is 10.6. The first-order chi connectivity index (χ1) is 6.59. The molecule has 0 spiro atoms. The monoisotopic (exact) mass is 194 g/mol. The summed E-state index contributed by atoms with van der Waals surface area (Å²) < 4.78 is 5.59. The van der Waals surface area contributed by atoms with Gasteiger partial charge in [-0.05, 0) is 45.3 Å². The van der Waals surface area contributed by atoms with Gasteiger partial charge in [-0.2, -0.15) is 0 Å². The average molecular weight is 194 g/mol. The van der Waals surface area contributed by atoms with Crippen LogP contribution in [0.1, 0.15) is 6.92 Å². The highest BCUT2D eigenvalue weighted by Crippen LogP contribution is 2.13. The largest absolute Gasteiger partial charge is 0.492 e. The molecule has 2 N–H and O–H groups in total. The maximum absolute atomic E-state index is 5.59. The van der Waals surface area contributed by atoms with Gasteiger partial charge in [0, 0.05) is 11.7 Å². The number of hydrogen-bond donors (Lipinski definition) is 1. The van der Waals surface area contributed by atoms with Crippen molar-refractivity contribution in [2.75, 3.05) is 26.4 Å². The minimum absolute atomic E-state index is 0.410. The van der Waals surface area contributed by atoms with Crippen molar-refractivity contribution in [3.8, 4) is 5.75 Å². The molecular weight excluding hydrogens is 176 g/mol. The van der Waals surface area contributed by atoms with E-state index in [4.69, 9.17) is 10.5 Å². The van der Waals surface area contributed by atoms with Crippen molar-refractivity contribution in [2.45, 2.75) is 13.0 Å². The fourth-order valence-corrected chi connectivity index (χ4v) is 0.930. The molecule has 0 saturated carbocycles. The van der Waals surface area contributed by atoms with Crippen molar-refractivity contribution in [1.82, 2.24) is 4.90 Å². The summed E-state index contributed by atoms with van der Waals surface area (Å²) in [5, 5.41) is 0. The van der Waals surface area contributed by atoms with Gasteiger partial charge in [0.2, 0.25) is 0 Å². The van der Waals surface area contributed by atoms with Gasteiger partial charge in [-0.1, -0.05) is 0 Å². The van der Waals surface area contributed by atoms with Crippen LogP contribution in [0.15, 0.2) is 24.3 Å². The van der Waals surface area contributed by atoms with E-state index in [1.165, 1.54) is 0 Å². The maximum Gasteiger partial charge on any atom is 0.119 e. The Kier molecular flexibility index (Phi) is 3.77. The van der Waals surface area contributed by atoms with Crippen LogP contribution in [0.2, 0.25) is 0 Å². The Morgan fingerprint density at radius 1 is 1.29 bits per heavy atom. The molecule has 0 amide bonds. The van der Waals surface area contributed by atoms with Crippen LogP contribution in [0, 0.1) is 0 Å². The van der Waals surface area contributed by atoms with Gasteiger partial charge in [-0.15, -0.1) is 0 Å². The fraction of sp³-hybridized carbons (Fsp3) is 0.455. The highest BCUT2D eigenvalue weighted by Gasteiger charge is 2.04. The Balaban J connectivity index is 2.42. The highest BCUT2D eigenvalue weighted by atomic mass is 16.5. The van der Waals surface area contributed by atoms with Crippen LogP contribution in [0.25, 0.3) is 0 Å². The SMILES string of the molecule is CC(COc1ccc(N)cc1)N(C)C. The number of hydrogen-bond acceptors (Lipinski definition) is 3. The second-order valence-corrected chi connectivity index (χ2v) is 3.69. The topological polar surface area (TPSA) is 38.5 Å². The predicted octanol–water partition coefficient (Wildman–Crippen LogP) is 1.60. The molecule has 0 fully saturated rings. The highest BCUT2D eigenvalue weighted by molar-refractivity contribution is 5.41. The Hall–Kier alpha value is -1.22. The van der Waals surface area contributed by atoms with Crippen LogP contribution in [-0.2, 0) is 0 Å². The summed E-state index contributed by atoms with van der Waals surface area (Å²) in [7, 11) is 4.08. The van der Waals surface area contributed by atoms with E-state index < -0.39 is 0 Å².